The van der Waals surface area contributed by atoms with Gasteiger partial charge in [0.1, 0.15) is 11.6 Å². The van der Waals surface area contributed by atoms with Gasteiger partial charge >= 0.3 is 5.97 Å². The fourth-order valence-corrected chi connectivity index (χ4v) is 1.48. The fraction of sp³-hybridized carbons (Fsp3) is 0.846. The van der Waals surface area contributed by atoms with E-state index in [0.29, 0.717) is 0 Å². The van der Waals surface area contributed by atoms with Gasteiger partial charge in [0, 0.05) is 5.92 Å². The molecule has 0 saturated heterocycles. The SMILES string of the molecule is CC(C)[C@H](NC(=O)C1CC1)C(=O)OC(C)(C)C. The highest BCUT2D eigenvalue weighted by atomic mass is 16.6. The molecule has 1 amide bonds. The first-order chi connectivity index (χ1) is 7.70. The van der Waals surface area contributed by atoms with Gasteiger partial charge in [-0.25, -0.2) is 4.79 Å². The minimum Gasteiger partial charge on any atom is -0.458 e. The number of amides is 1. The molecule has 4 heteroatoms. The molecule has 0 heterocycles. The molecule has 0 radical (unpaired) electrons. The Morgan fingerprint density at radius 3 is 2.12 bits per heavy atom. The molecule has 0 bridgehead atoms. The average Bonchev–Trinajstić information content (AvgIpc) is 2.92. The maximum atomic E-state index is 11.9. The zero-order chi connectivity index (χ0) is 13.2. The van der Waals surface area contributed by atoms with E-state index in [-0.39, 0.29) is 23.7 Å². The third-order valence-electron chi connectivity index (χ3n) is 2.57. The lowest BCUT2D eigenvalue weighted by Crippen LogP contribution is -2.47. The van der Waals surface area contributed by atoms with Crippen LogP contribution in [0, 0.1) is 11.8 Å². The van der Waals surface area contributed by atoms with E-state index in [1.165, 1.54) is 0 Å². The standard InChI is InChI=1S/C13H23NO3/c1-8(2)10(12(16)17-13(3,4)5)14-11(15)9-6-7-9/h8-10H,6-7H2,1-5H3,(H,14,15)/t10-/m0/s1. The van der Waals surface area contributed by atoms with Gasteiger partial charge in [-0.05, 0) is 39.5 Å². The Morgan fingerprint density at radius 1 is 1.24 bits per heavy atom. The van der Waals surface area contributed by atoms with Crippen molar-refractivity contribution < 1.29 is 14.3 Å². The van der Waals surface area contributed by atoms with Crippen molar-refractivity contribution >= 4 is 11.9 Å². The molecule has 98 valence electrons. The van der Waals surface area contributed by atoms with Crippen LogP contribution >= 0.6 is 0 Å². The first-order valence-electron chi connectivity index (χ1n) is 6.24. The molecule has 1 aliphatic carbocycles. The number of esters is 1. The van der Waals surface area contributed by atoms with Gasteiger partial charge in [-0.15, -0.1) is 0 Å². The van der Waals surface area contributed by atoms with Crippen LogP contribution in [0.2, 0.25) is 0 Å². The number of nitrogens with one attached hydrogen (secondary N) is 1. The van der Waals surface area contributed by atoms with E-state index in [1.54, 1.807) is 0 Å². The molecule has 0 aromatic carbocycles. The molecule has 1 saturated carbocycles. The van der Waals surface area contributed by atoms with E-state index in [4.69, 9.17) is 4.74 Å². The van der Waals surface area contributed by atoms with Crippen LogP contribution in [0.15, 0.2) is 0 Å². The Hall–Kier alpha value is -1.06. The molecule has 0 aromatic heterocycles. The van der Waals surface area contributed by atoms with Crippen molar-refractivity contribution in [2.24, 2.45) is 11.8 Å². The maximum absolute atomic E-state index is 11.9. The molecule has 0 unspecified atom stereocenters. The monoisotopic (exact) mass is 241 g/mol. The Morgan fingerprint density at radius 2 is 1.76 bits per heavy atom. The Bertz CT molecular complexity index is 300. The van der Waals surface area contributed by atoms with Crippen molar-refractivity contribution in [1.82, 2.24) is 5.32 Å². The highest BCUT2D eigenvalue weighted by Crippen LogP contribution is 2.29. The van der Waals surface area contributed by atoms with Crippen molar-refractivity contribution in [3.05, 3.63) is 0 Å². The van der Waals surface area contributed by atoms with Gasteiger partial charge in [-0.3, -0.25) is 4.79 Å². The second-order valence-electron chi connectivity index (χ2n) is 6.04. The number of carbonyl (C=O) groups is 2. The van der Waals surface area contributed by atoms with Crippen LogP contribution in [0.25, 0.3) is 0 Å². The van der Waals surface area contributed by atoms with Crippen LogP contribution in [-0.2, 0) is 14.3 Å². The van der Waals surface area contributed by atoms with Crippen molar-refractivity contribution in [2.45, 2.75) is 59.1 Å². The van der Waals surface area contributed by atoms with E-state index >= 15 is 0 Å². The first kappa shape index (κ1) is 14.0. The highest BCUT2D eigenvalue weighted by Gasteiger charge is 2.35. The predicted molar refractivity (Wildman–Crippen MR) is 65.3 cm³/mol. The zero-order valence-electron chi connectivity index (χ0n) is 11.4. The van der Waals surface area contributed by atoms with Crippen LogP contribution in [0.4, 0.5) is 0 Å². The summed E-state index contributed by atoms with van der Waals surface area (Å²) < 4.78 is 5.31. The summed E-state index contributed by atoms with van der Waals surface area (Å²) in [6.45, 7) is 9.28. The minimum absolute atomic E-state index is 0.0189. The summed E-state index contributed by atoms with van der Waals surface area (Å²) in [5.74, 6) is -0.220. The van der Waals surface area contributed by atoms with Crippen molar-refractivity contribution in [2.75, 3.05) is 0 Å². The van der Waals surface area contributed by atoms with Crippen LogP contribution in [0.1, 0.15) is 47.5 Å². The third-order valence-corrected chi connectivity index (χ3v) is 2.57. The van der Waals surface area contributed by atoms with Gasteiger partial charge in [-0.2, -0.15) is 0 Å². The third kappa shape index (κ3) is 4.75. The summed E-state index contributed by atoms with van der Waals surface area (Å²) in [5.41, 5.74) is -0.519. The molecule has 17 heavy (non-hydrogen) atoms. The van der Waals surface area contributed by atoms with E-state index in [1.807, 2.05) is 34.6 Å². The lowest BCUT2D eigenvalue weighted by atomic mass is 10.0. The molecule has 1 fully saturated rings. The largest absolute Gasteiger partial charge is 0.458 e. The second kappa shape index (κ2) is 5.07. The van der Waals surface area contributed by atoms with Crippen LogP contribution in [0.3, 0.4) is 0 Å². The number of hydrogen-bond acceptors (Lipinski definition) is 3. The lowest BCUT2D eigenvalue weighted by Gasteiger charge is -2.26. The zero-order valence-corrected chi connectivity index (χ0v) is 11.4. The quantitative estimate of drug-likeness (QED) is 0.765. The van der Waals surface area contributed by atoms with Crippen molar-refractivity contribution in [3.8, 4) is 0 Å². The van der Waals surface area contributed by atoms with Crippen LogP contribution in [-0.4, -0.2) is 23.5 Å². The average molecular weight is 241 g/mol. The van der Waals surface area contributed by atoms with Crippen molar-refractivity contribution in [1.29, 1.82) is 0 Å². The smallest absolute Gasteiger partial charge is 0.329 e. The topological polar surface area (TPSA) is 55.4 Å². The maximum Gasteiger partial charge on any atom is 0.329 e. The Balaban J connectivity index is 2.58. The van der Waals surface area contributed by atoms with Crippen LogP contribution < -0.4 is 5.32 Å². The van der Waals surface area contributed by atoms with Gasteiger partial charge < -0.3 is 10.1 Å². The summed E-state index contributed by atoms with van der Waals surface area (Å²) in [6, 6.07) is -0.540. The molecular formula is C13H23NO3. The fourth-order valence-electron chi connectivity index (χ4n) is 1.48. The summed E-state index contributed by atoms with van der Waals surface area (Å²) >= 11 is 0. The summed E-state index contributed by atoms with van der Waals surface area (Å²) in [4.78, 5) is 23.6. The Labute approximate surface area is 103 Å². The molecule has 0 aliphatic heterocycles. The number of rotatable bonds is 4. The first-order valence-corrected chi connectivity index (χ1v) is 6.24. The molecule has 0 spiro atoms. The molecule has 0 aromatic rings. The molecular weight excluding hydrogens is 218 g/mol. The van der Waals surface area contributed by atoms with Gasteiger partial charge in [0.25, 0.3) is 0 Å². The van der Waals surface area contributed by atoms with E-state index < -0.39 is 11.6 Å². The molecule has 1 atom stereocenters. The van der Waals surface area contributed by atoms with E-state index in [9.17, 15) is 9.59 Å². The van der Waals surface area contributed by atoms with E-state index in [2.05, 4.69) is 5.32 Å². The Kier molecular flexibility index (Phi) is 4.17. The molecule has 4 nitrogen and oxygen atoms in total. The normalized spacial score (nSPS) is 17.8. The summed E-state index contributed by atoms with van der Waals surface area (Å²) in [5, 5.41) is 2.79. The predicted octanol–water partition coefficient (Wildman–Crippen LogP) is 1.88. The van der Waals surface area contributed by atoms with E-state index in [0.717, 1.165) is 12.8 Å². The summed E-state index contributed by atoms with van der Waals surface area (Å²) in [6.07, 6.45) is 1.87. The lowest BCUT2D eigenvalue weighted by molar-refractivity contribution is -0.160. The van der Waals surface area contributed by atoms with Gasteiger partial charge in [0.15, 0.2) is 0 Å². The number of carbonyl (C=O) groups excluding carboxylic acids is 2. The molecule has 1 rings (SSSR count). The second-order valence-corrected chi connectivity index (χ2v) is 6.04. The molecule has 1 N–H and O–H groups in total. The van der Waals surface area contributed by atoms with Gasteiger partial charge in [0.2, 0.25) is 5.91 Å². The minimum atomic E-state index is -0.540. The molecule has 1 aliphatic rings. The van der Waals surface area contributed by atoms with Gasteiger partial charge in [-0.1, -0.05) is 13.8 Å². The highest BCUT2D eigenvalue weighted by molar-refractivity contribution is 5.87. The number of hydrogen-bond donors (Lipinski definition) is 1. The summed E-state index contributed by atoms with van der Waals surface area (Å²) in [7, 11) is 0. The van der Waals surface area contributed by atoms with Crippen LogP contribution in [0.5, 0.6) is 0 Å². The number of ether oxygens (including phenoxy) is 1. The van der Waals surface area contributed by atoms with Crippen molar-refractivity contribution in [3.63, 3.8) is 0 Å². The van der Waals surface area contributed by atoms with Gasteiger partial charge in [0.05, 0.1) is 0 Å².